The van der Waals surface area contributed by atoms with Crippen molar-refractivity contribution in [1.82, 2.24) is 10.3 Å². The van der Waals surface area contributed by atoms with E-state index in [1.54, 1.807) is 26.0 Å². The van der Waals surface area contributed by atoms with Crippen LogP contribution in [0.15, 0.2) is 47.5 Å². The number of hydrogen-bond acceptors (Lipinski definition) is 6. The van der Waals surface area contributed by atoms with Gasteiger partial charge in [-0.05, 0) is 75.9 Å². The van der Waals surface area contributed by atoms with Crippen molar-refractivity contribution in [2.24, 2.45) is 0 Å². The number of hydrogen-bond donors (Lipinski definition) is 1. The molecule has 1 aromatic carbocycles. The Morgan fingerprint density at radius 3 is 2.28 bits per heavy atom. The number of halogens is 1. The van der Waals surface area contributed by atoms with Crippen molar-refractivity contribution in [3.63, 3.8) is 0 Å². The van der Waals surface area contributed by atoms with Gasteiger partial charge in [-0.25, -0.2) is 17.8 Å². The zero-order chi connectivity index (χ0) is 23.1. The van der Waals surface area contributed by atoms with Gasteiger partial charge in [-0.15, -0.1) is 0 Å². The number of carbonyl (C=O) groups is 1. The molecular weight excluding hydrogens is 433 g/mol. The van der Waals surface area contributed by atoms with E-state index in [-0.39, 0.29) is 34.7 Å². The maximum Gasteiger partial charge on any atom is 0.263 e. The molecule has 0 aliphatic carbocycles. The molecule has 0 radical (unpaired) electrons. The van der Waals surface area contributed by atoms with Crippen LogP contribution in [0.5, 0.6) is 5.75 Å². The second-order valence-electron chi connectivity index (χ2n) is 9.12. The molecule has 0 spiro atoms. The number of fused-ring (bicyclic) bond motifs is 2. The van der Waals surface area contributed by atoms with Crippen molar-refractivity contribution in [2.75, 3.05) is 11.2 Å². The summed E-state index contributed by atoms with van der Waals surface area (Å²) in [5.74, 6) is 0.636. The van der Waals surface area contributed by atoms with Gasteiger partial charge in [0.15, 0.2) is 15.4 Å². The molecule has 3 heterocycles. The van der Waals surface area contributed by atoms with Crippen LogP contribution < -0.4 is 15.0 Å². The van der Waals surface area contributed by atoms with Crippen LogP contribution in [0.4, 0.5) is 10.2 Å². The molecule has 1 unspecified atom stereocenters. The molecule has 172 valence electrons. The minimum Gasteiger partial charge on any atom is -0.478 e. The summed E-state index contributed by atoms with van der Waals surface area (Å²) in [5.41, 5.74) is -1.10. The fraction of sp³-hybridized carbons (Fsp3) is 0.478. The van der Waals surface area contributed by atoms with Crippen molar-refractivity contribution in [3.05, 3.63) is 48.4 Å². The van der Waals surface area contributed by atoms with Crippen LogP contribution in [-0.4, -0.2) is 49.3 Å². The summed E-state index contributed by atoms with van der Waals surface area (Å²) in [6, 6.07) is 9.45. The number of amides is 1. The molecule has 9 heteroatoms. The van der Waals surface area contributed by atoms with Crippen LogP contribution in [0.1, 0.15) is 39.5 Å². The Hall–Kier alpha value is -2.68. The Bertz CT molecular complexity index is 1070. The van der Waals surface area contributed by atoms with Gasteiger partial charge in [0, 0.05) is 30.6 Å². The highest BCUT2D eigenvalue weighted by Crippen LogP contribution is 2.39. The SMILES string of the molecule is CC(C)(Oc1ccc(F)cc1)C(=O)NC1C[C@H]2CC[C@@H](C1)N2c1ccc(S(C)(=O)=O)cn1. The average molecular weight is 462 g/mol. The number of piperidine rings is 1. The maximum absolute atomic E-state index is 13.1. The summed E-state index contributed by atoms with van der Waals surface area (Å²) in [5, 5.41) is 3.13. The van der Waals surface area contributed by atoms with Gasteiger partial charge >= 0.3 is 0 Å². The van der Waals surface area contributed by atoms with Gasteiger partial charge in [0.25, 0.3) is 5.91 Å². The van der Waals surface area contributed by atoms with E-state index >= 15 is 0 Å². The highest BCUT2D eigenvalue weighted by Gasteiger charge is 2.43. The number of ether oxygens (including phenoxy) is 1. The van der Waals surface area contributed by atoms with Crippen LogP contribution in [0.25, 0.3) is 0 Å². The van der Waals surface area contributed by atoms with E-state index in [2.05, 4.69) is 15.2 Å². The summed E-state index contributed by atoms with van der Waals surface area (Å²) in [6.07, 6.45) is 6.15. The molecule has 1 amide bonds. The van der Waals surface area contributed by atoms with E-state index < -0.39 is 15.4 Å². The predicted octanol–water partition coefficient (Wildman–Crippen LogP) is 3.10. The zero-order valence-corrected chi connectivity index (χ0v) is 19.2. The van der Waals surface area contributed by atoms with Crippen LogP contribution in [-0.2, 0) is 14.6 Å². The number of sulfone groups is 1. The first kappa shape index (κ1) is 22.5. The number of carbonyl (C=O) groups excluding carboxylic acids is 1. The van der Waals surface area contributed by atoms with Gasteiger partial charge in [-0.1, -0.05) is 0 Å². The number of benzene rings is 1. The molecule has 2 aliphatic heterocycles. The molecule has 2 saturated heterocycles. The number of rotatable bonds is 6. The highest BCUT2D eigenvalue weighted by molar-refractivity contribution is 7.90. The molecular formula is C23H28FN3O4S. The summed E-state index contributed by atoms with van der Waals surface area (Å²) in [7, 11) is -3.28. The fourth-order valence-corrected chi connectivity index (χ4v) is 5.18. The second-order valence-corrected chi connectivity index (χ2v) is 11.1. The van der Waals surface area contributed by atoms with Crippen LogP contribution >= 0.6 is 0 Å². The lowest BCUT2D eigenvalue weighted by Crippen LogP contribution is -2.55. The minimum atomic E-state index is -3.28. The van der Waals surface area contributed by atoms with E-state index in [9.17, 15) is 17.6 Å². The van der Waals surface area contributed by atoms with Crippen LogP contribution in [0.3, 0.4) is 0 Å². The number of nitrogens with one attached hydrogen (secondary N) is 1. The van der Waals surface area contributed by atoms with Gasteiger partial charge in [0.05, 0.1) is 4.90 Å². The molecule has 0 saturated carbocycles. The van der Waals surface area contributed by atoms with E-state index in [1.165, 1.54) is 36.7 Å². The topological polar surface area (TPSA) is 88.6 Å². The smallest absolute Gasteiger partial charge is 0.263 e. The molecule has 2 aromatic rings. The van der Waals surface area contributed by atoms with E-state index in [0.29, 0.717) is 5.75 Å². The molecule has 32 heavy (non-hydrogen) atoms. The Kier molecular flexibility index (Phi) is 5.87. The lowest BCUT2D eigenvalue weighted by Gasteiger charge is -2.40. The fourth-order valence-electron chi connectivity index (χ4n) is 4.62. The normalized spacial score (nSPS) is 23.1. The Balaban J connectivity index is 1.40. The zero-order valence-electron chi connectivity index (χ0n) is 18.4. The van der Waals surface area contributed by atoms with Crippen molar-refractivity contribution in [2.45, 2.75) is 68.2 Å². The third kappa shape index (κ3) is 4.72. The third-order valence-corrected chi connectivity index (χ3v) is 7.31. The molecule has 1 aromatic heterocycles. The lowest BCUT2D eigenvalue weighted by molar-refractivity contribution is -0.135. The van der Waals surface area contributed by atoms with Gasteiger partial charge in [0.2, 0.25) is 0 Å². The predicted molar refractivity (Wildman–Crippen MR) is 119 cm³/mol. The third-order valence-electron chi connectivity index (χ3n) is 6.22. The highest BCUT2D eigenvalue weighted by atomic mass is 32.2. The minimum absolute atomic E-state index is 0.0163. The maximum atomic E-state index is 13.1. The molecule has 7 nitrogen and oxygen atoms in total. The van der Waals surface area contributed by atoms with Crippen molar-refractivity contribution >= 4 is 21.6 Å². The van der Waals surface area contributed by atoms with Gasteiger partial charge in [-0.2, -0.15) is 0 Å². The number of anilines is 1. The quantitative estimate of drug-likeness (QED) is 0.711. The number of aromatic nitrogens is 1. The Labute approximate surface area is 187 Å². The second kappa shape index (κ2) is 8.35. The first-order chi connectivity index (χ1) is 15.0. The number of nitrogens with zero attached hydrogens (tertiary/aromatic N) is 2. The molecule has 2 fully saturated rings. The molecule has 3 atom stereocenters. The Morgan fingerprint density at radius 1 is 1.12 bits per heavy atom. The average Bonchev–Trinajstić information content (AvgIpc) is 2.99. The molecule has 2 bridgehead atoms. The van der Waals surface area contributed by atoms with Gasteiger partial charge in [-0.3, -0.25) is 4.79 Å². The van der Waals surface area contributed by atoms with Gasteiger partial charge in [0.1, 0.15) is 17.4 Å². The van der Waals surface area contributed by atoms with Crippen molar-refractivity contribution < 1.29 is 22.3 Å². The monoisotopic (exact) mass is 461 g/mol. The van der Waals surface area contributed by atoms with E-state index in [4.69, 9.17) is 4.74 Å². The largest absolute Gasteiger partial charge is 0.478 e. The number of pyridine rings is 1. The summed E-state index contributed by atoms with van der Waals surface area (Å²) in [6.45, 7) is 3.39. The van der Waals surface area contributed by atoms with Crippen molar-refractivity contribution in [1.29, 1.82) is 0 Å². The van der Waals surface area contributed by atoms with E-state index in [0.717, 1.165) is 31.5 Å². The van der Waals surface area contributed by atoms with Gasteiger partial charge < -0.3 is 15.0 Å². The summed E-state index contributed by atoms with van der Waals surface area (Å²) >= 11 is 0. The molecule has 4 rings (SSSR count). The summed E-state index contributed by atoms with van der Waals surface area (Å²) in [4.78, 5) is 19.8. The Morgan fingerprint density at radius 2 is 1.75 bits per heavy atom. The van der Waals surface area contributed by atoms with Crippen molar-refractivity contribution in [3.8, 4) is 5.75 Å². The van der Waals surface area contributed by atoms with Crippen LogP contribution in [0.2, 0.25) is 0 Å². The first-order valence-corrected chi connectivity index (χ1v) is 12.6. The first-order valence-electron chi connectivity index (χ1n) is 10.7. The van der Waals surface area contributed by atoms with Crippen LogP contribution in [0, 0.1) is 5.82 Å². The summed E-state index contributed by atoms with van der Waals surface area (Å²) < 4.78 is 42.3. The standard InChI is InChI=1S/C23H28FN3O4S/c1-23(2,31-19-8-4-15(24)5-9-19)22(28)26-16-12-17-6-7-18(13-16)27(17)21-11-10-20(14-25-21)32(3,29)30/h4-5,8-11,14,16-18H,6-7,12-13H2,1-3H3,(H,26,28)/t16?,17-,18+. The van der Waals surface area contributed by atoms with E-state index in [1.807, 2.05) is 0 Å². The molecule has 1 N–H and O–H groups in total. The lowest BCUT2D eigenvalue weighted by atomic mass is 9.96. The molecule has 2 aliphatic rings.